The molecule has 0 saturated heterocycles. The molecule has 0 atom stereocenters. The first-order valence-corrected chi connectivity index (χ1v) is 6.02. The highest BCUT2D eigenvalue weighted by molar-refractivity contribution is 7.09. The van der Waals surface area contributed by atoms with Gasteiger partial charge in [0.15, 0.2) is 11.6 Å². The van der Waals surface area contributed by atoms with E-state index in [1.54, 1.807) is 6.07 Å². The van der Waals surface area contributed by atoms with Crippen LogP contribution in [0.1, 0.15) is 16.3 Å². The van der Waals surface area contributed by atoms with Crippen LogP contribution in [0.15, 0.2) is 17.5 Å². The van der Waals surface area contributed by atoms with Gasteiger partial charge in [0.05, 0.1) is 28.9 Å². The van der Waals surface area contributed by atoms with Crippen LogP contribution in [0, 0.1) is 29.9 Å². The Labute approximate surface area is 107 Å². The Balaban J connectivity index is 2.17. The maximum atomic E-state index is 13.5. The zero-order valence-corrected chi connectivity index (χ0v) is 10.3. The molecule has 0 fully saturated rings. The SMILES string of the molecule is Cc1nc(CNc2c(F)cc(C#N)cc2F)cs1. The molecule has 1 aromatic carbocycles. The lowest BCUT2D eigenvalue weighted by atomic mass is 10.2. The third kappa shape index (κ3) is 2.63. The molecule has 92 valence electrons. The van der Waals surface area contributed by atoms with Crippen molar-refractivity contribution in [3.8, 4) is 6.07 Å². The quantitative estimate of drug-likeness (QED) is 0.927. The van der Waals surface area contributed by atoms with E-state index in [2.05, 4.69) is 10.3 Å². The molecule has 0 aliphatic heterocycles. The van der Waals surface area contributed by atoms with Crippen molar-refractivity contribution in [1.29, 1.82) is 5.26 Å². The molecule has 3 nitrogen and oxygen atoms in total. The molecule has 0 spiro atoms. The molecule has 2 aromatic rings. The summed E-state index contributed by atoms with van der Waals surface area (Å²) in [6, 6.07) is 3.69. The third-order valence-electron chi connectivity index (χ3n) is 2.28. The maximum absolute atomic E-state index is 13.5. The second-order valence-electron chi connectivity index (χ2n) is 3.64. The standard InChI is InChI=1S/C12H9F2N3S/c1-7-17-9(6-18-7)5-16-12-10(13)2-8(4-15)3-11(12)14/h2-3,6,16H,5H2,1H3. The van der Waals surface area contributed by atoms with Crippen LogP contribution in [0.4, 0.5) is 14.5 Å². The van der Waals surface area contributed by atoms with E-state index >= 15 is 0 Å². The van der Waals surface area contributed by atoms with Crippen molar-refractivity contribution in [2.24, 2.45) is 0 Å². The molecule has 0 saturated carbocycles. The smallest absolute Gasteiger partial charge is 0.150 e. The summed E-state index contributed by atoms with van der Waals surface area (Å²) in [6.45, 7) is 2.10. The molecule has 18 heavy (non-hydrogen) atoms. The molecule has 1 aromatic heterocycles. The van der Waals surface area contributed by atoms with E-state index < -0.39 is 11.6 Å². The summed E-state index contributed by atoms with van der Waals surface area (Å²) < 4.78 is 27.1. The van der Waals surface area contributed by atoms with E-state index in [4.69, 9.17) is 5.26 Å². The molecule has 0 bridgehead atoms. The Morgan fingerprint density at radius 3 is 2.56 bits per heavy atom. The highest BCUT2D eigenvalue weighted by Gasteiger charge is 2.11. The molecule has 1 N–H and O–H groups in total. The van der Waals surface area contributed by atoms with Gasteiger partial charge in [0, 0.05) is 5.38 Å². The van der Waals surface area contributed by atoms with Crippen LogP contribution < -0.4 is 5.32 Å². The summed E-state index contributed by atoms with van der Waals surface area (Å²) in [4.78, 5) is 4.18. The minimum atomic E-state index is -0.779. The van der Waals surface area contributed by atoms with Gasteiger partial charge >= 0.3 is 0 Å². The number of hydrogen-bond acceptors (Lipinski definition) is 4. The van der Waals surface area contributed by atoms with Crippen LogP contribution in [0.2, 0.25) is 0 Å². The Bertz CT molecular complexity index is 593. The molecule has 0 radical (unpaired) electrons. The average molecular weight is 265 g/mol. The molecular formula is C12H9F2N3S. The van der Waals surface area contributed by atoms with Crippen LogP contribution >= 0.6 is 11.3 Å². The number of nitrogens with zero attached hydrogens (tertiary/aromatic N) is 2. The molecule has 0 unspecified atom stereocenters. The average Bonchev–Trinajstić information content (AvgIpc) is 2.73. The van der Waals surface area contributed by atoms with Crippen molar-refractivity contribution in [2.75, 3.05) is 5.32 Å². The largest absolute Gasteiger partial charge is 0.375 e. The van der Waals surface area contributed by atoms with E-state index in [1.165, 1.54) is 11.3 Å². The van der Waals surface area contributed by atoms with Crippen molar-refractivity contribution in [2.45, 2.75) is 13.5 Å². The number of benzene rings is 1. The molecule has 0 aliphatic rings. The van der Waals surface area contributed by atoms with Crippen molar-refractivity contribution < 1.29 is 8.78 Å². The van der Waals surface area contributed by atoms with Gasteiger partial charge in [0.25, 0.3) is 0 Å². The summed E-state index contributed by atoms with van der Waals surface area (Å²) in [5, 5.41) is 13.9. The second kappa shape index (κ2) is 5.10. The van der Waals surface area contributed by atoms with Crippen LogP contribution in [0.25, 0.3) is 0 Å². The summed E-state index contributed by atoms with van der Waals surface area (Å²) >= 11 is 1.47. The van der Waals surface area contributed by atoms with Gasteiger partial charge in [-0.25, -0.2) is 13.8 Å². The predicted octanol–water partition coefficient (Wildman–Crippen LogP) is 3.21. The fourth-order valence-electron chi connectivity index (χ4n) is 1.47. The van der Waals surface area contributed by atoms with Gasteiger partial charge in [0.1, 0.15) is 5.69 Å². The summed E-state index contributed by atoms with van der Waals surface area (Å²) in [5.41, 5.74) is 0.445. The van der Waals surface area contributed by atoms with Crippen LogP contribution in [0.5, 0.6) is 0 Å². The zero-order chi connectivity index (χ0) is 13.1. The molecule has 6 heteroatoms. The van der Waals surface area contributed by atoms with Gasteiger partial charge in [-0.1, -0.05) is 0 Å². The number of rotatable bonds is 3. The van der Waals surface area contributed by atoms with Crippen LogP contribution in [-0.4, -0.2) is 4.98 Å². The number of nitrogens with one attached hydrogen (secondary N) is 1. The van der Waals surface area contributed by atoms with Crippen LogP contribution in [-0.2, 0) is 6.54 Å². The fourth-order valence-corrected chi connectivity index (χ4v) is 2.09. The first-order chi connectivity index (χ1) is 8.60. The van der Waals surface area contributed by atoms with E-state index in [0.717, 1.165) is 22.8 Å². The van der Waals surface area contributed by atoms with Gasteiger partial charge in [-0.05, 0) is 19.1 Å². The van der Waals surface area contributed by atoms with Crippen molar-refractivity contribution in [3.05, 3.63) is 45.4 Å². The Morgan fingerprint density at radius 2 is 2.06 bits per heavy atom. The fraction of sp³-hybridized carbons (Fsp3) is 0.167. The lowest BCUT2D eigenvalue weighted by Gasteiger charge is -2.07. The minimum Gasteiger partial charge on any atom is -0.375 e. The lowest BCUT2D eigenvalue weighted by molar-refractivity contribution is 0.587. The molecule has 1 heterocycles. The topological polar surface area (TPSA) is 48.7 Å². The highest BCUT2D eigenvalue weighted by atomic mass is 32.1. The second-order valence-corrected chi connectivity index (χ2v) is 4.70. The molecule has 0 amide bonds. The van der Waals surface area contributed by atoms with E-state index in [0.29, 0.717) is 0 Å². The Kier molecular flexibility index (Phi) is 3.53. The summed E-state index contributed by atoms with van der Waals surface area (Å²) in [5.74, 6) is -1.56. The summed E-state index contributed by atoms with van der Waals surface area (Å²) in [6.07, 6.45) is 0. The number of thiazole rings is 1. The van der Waals surface area contributed by atoms with Gasteiger partial charge in [-0.2, -0.15) is 5.26 Å². The van der Waals surface area contributed by atoms with Gasteiger partial charge < -0.3 is 5.32 Å². The third-order valence-corrected chi connectivity index (χ3v) is 3.11. The number of halogens is 2. The number of aromatic nitrogens is 1. The van der Waals surface area contributed by atoms with E-state index in [9.17, 15) is 8.78 Å². The van der Waals surface area contributed by atoms with Crippen molar-refractivity contribution in [3.63, 3.8) is 0 Å². The molecule has 0 aliphatic carbocycles. The van der Waals surface area contributed by atoms with Gasteiger partial charge in [-0.3, -0.25) is 0 Å². The van der Waals surface area contributed by atoms with Gasteiger partial charge in [0.2, 0.25) is 0 Å². The number of aryl methyl sites for hydroxylation is 1. The van der Waals surface area contributed by atoms with Crippen LogP contribution in [0.3, 0.4) is 0 Å². The lowest BCUT2D eigenvalue weighted by Crippen LogP contribution is -2.04. The zero-order valence-electron chi connectivity index (χ0n) is 9.50. The highest BCUT2D eigenvalue weighted by Crippen LogP contribution is 2.21. The van der Waals surface area contributed by atoms with Crippen molar-refractivity contribution in [1.82, 2.24) is 4.98 Å². The number of nitriles is 1. The minimum absolute atomic E-state index is 0.0416. The van der Waals surface area contributed by atoms with E-state index in [1.807, 2.05) is 12.3 Å². The summed E-state index contributed by atoms with van der Waals surface area (Å²) in [7, 11) is 0. The normalized spacial score (nSPS) is 10.1. The molecular weight excluding hydrogens is 256 g/mol. The first kappa shape index (κ1) is 12.5. The Hall–Kier alpha value is -2.00. The number of hydrogen-bond donors (Lipinski definition) is 1. The molecule has 2 rings (SSSR count). The monoisotopic (exact) mass is 265 g/mol. The van der Waals surface area contributed by atoms with E-state index in [-0.39, 0.29) is 17.8 Å². The first-order valence-electron chi connectivity index (χ1n) is 5.14. The van der Waals surface area contributed by atoms with Gasteiger partial charge in [-0.15, -0.1) is 11.3 Å². The number of anilines is 1. The Morgan fingerprint density at radius 1 is 1.39 bits per heavy atom. The maximum Gasteiger partial charge on any atom is 0.150 e. The predicted molar refractivity (Wildman–Crippen MR) is 65.3 cm³/mol. The van der Waals surface area contributed by atoms with Crippen molar-refractivity contribution >= 4 is 17.0 Å².